The van der Waals surface area contributed by atoms with Crippen LogP contribution in [0.1, 0.15) is 348 Å². The maximum Gasteiger partial charge on any atom is 0.306 e. The highest BCUT2D eigenvalue weighted by Gasteiger charge is 2.19. The van der Waals surface area contributed by atoms with Crippen LogP contribution in [-0.4, -0.2) is 37.2 Å². The predicted molar refractivity (Wildman–Crippen MR) is 357 cm³/mol. The number of esters is 3. The molecule has 0 saturated heterocycles. The lowest BCUT2D eigenvalue weighted by Gasteiger charge is -2.18. The van der Waals surface area contributed by atoms with Gasteiger partial charge in [0.05, 0.1) is 0 Å². The summed E-state index contributed by atoms with van der Waals surface area (Å²) in [4.78, 5) is 38.4. The Balaban J connectivity index is 4.33. The highest BCUT2D eigenvalue weighted by molar-refractivity contribution is 5.71. The molecule has 0 aromatic carbocycles. The minimum Gasteiger partial charge on any atom is -0.462 e. The average molecular weight is 1140 g/mol. The van der Waals surface area contributed by atoms with Gasteiger partial charge in [0.1, 0.15) is 13.2 Å². The minimum atomic E-state index is -0.791. The molecule has 0 aromatic rings. The van der Waals surface area contributed by atoms with Gasteiger partial charge in [-0.15, -0.1) is 0 Å². The molecule has 0 saturated carbocycles. The van der Waals surface area contributed by atoms with Gasteiger partial charge in [0.15, 0.2) is 6.10 Å². The molecule has 0 heterocycles. The molecule has 0 amide bonds. The van der Waals surface area contributed by atoms with E-state index in [0.717, 1.165) is 116 Å². The van der Waals surface area contributed by atoms with Crippen LogP contribution in [0.25, 0.3) is 0 Å². The maximum atomic E-state index is 13.0. The van der Waals surface area contributed by atoms with Gasteiger partial charge in [-0.1, -0.05) is 304 Å². The fraction of sp³-hybridized carbons (Fsp3) is 0.750. The Labute approximate surface area is 508 Å². The number of unbranched alkanes of at least 4 members (excludes halogenated alkanes) is 37. The fourth-order valence-electron chi connectivity index (χ4n) is 9.95. The van der Waals surface area contributed by atoms with E-state index in [1.54, 1.807) is 0 Å². The molecule has 0 radical (unpaired) electrons. The first-order chi connectivity index (χ1) is 40.5. The van der Waals surface area contributed by atoms with E-state index in [-0.39, 0.29) is 31.1 Å². The van der Waals surface area contributed by atoms with Gasteiger partial charge in [-0.3, -0.25) is 14.4 Å². The molecule has 0 N–H and O–H groups in total. The minimum absolute atomic E-state index is 0.0851. The van der Waals surface area contributed by atoms with E-state index in [2.05, 4.69) is 118 Å². The molecule has 1 atom stereocenters. The summed E-state index contributed by atoms with van der Waals surface area (Å²) < 4.78 is 17.0. The van der Waals surface area contributed by atoms with Crippen LogP contribution in [0.5, 0.6) is 0 Å². The first kappa shape index (κ1) is 78.3. The van der Waals surface area contributed by atoms with Gasteiger partial charge in [0, 0.05) is 19.3 Å². The van der Waals surface area contributed by atoms with Gasteiger partial charge in [0.2, 0.25) is 0 Å². The van der Waals surface area contributed by atoms with E-state index in [1.165, 1.54) is 193 Å². The summed E-state index contributed by atoms with van der Waals surface area (Å²) in [6.45, 7) is 6.59. The maximum absolute atomic E-state index is 13.0. The highest BCUT2D eigenvalue weighted by Crippen LogP contribution is 2.16. The zero-order chi connectivity index (χ0) is 59.2. The number of carbonyl (C=O) groups excluding carboxylic acids is 3. The summed E-state index contributed by atoms with van der Waals surface area (Å²) in [5.74, 6) is -0.895. The number of hydrogen-bond acceptors (Lipinski definition) is 6. The van der Waals surface area contributed by atoms with E-state index in [4.69, 9.17) is 14.2 Å². The lowest BCUT2D eigenvalue weighted by molar-refractivity contribution is -0.167. The molecule has 1 unspecified atom stereocenters. The van der Waals surface area contributed by atoms with Crippen molar-refractivity contribution < 1.29 is 28.6 Å². The summed E-state index contributed by atoms with van der Waals surface area (Å²) in [5, 5.41) is 0. The monoisotopic (exact) mass is 1140 g/mol. The van der Waals surface area contributed by atoms with Crippen LogP contribution in [-0.2, 0) is 28.6 Å². The molecule has 0 aliphatic heterocycles. The standard InChI is InChI=1S/C76H132O6/c1-4-7-10-13-16-19-22-25-28-30-32-34-36-37-38-39-41-42-44-46-48-51-54-57-60-63-66-69-75(78)81-72-73(71-80-74(77)68-65-62-59-56-53-50-27-24-21-18-15-12-9-6-3)82-76(79)70-67-64-61-58-55-52-49-47-45-43-40-35-33-31-29-26-23-20-17-14-11-8-5-2/h15,18,22-27,30-33,36-37,40,43,73H,4-14,16-17,19-21,28-29,34-35,38-39,41-42,44-72H2,1-3H3/b18-15-,25-22-,26-23-,27-24-,32-30-,33-31-,37-36-,43-40-. The summed E-state index contributed by atoms with van der Waals surface area (Å²) >= 11 is 0. The molecule has 6 nitrogen and oxygen atoms in total. The van der Waals surface area contributed by atoms with Crippen molar-refractivity contribution in [3.63, 3.8) is 0 Å². The van der Waals surface area contributed by atoms with Crippen molar-refractivity contribution in [3.8, 4) is 0 Å². The van der Waals surface area contributed by atoms with Crippen LogP contribution in [0, 0.1) is 0 Å². The normalized spacial score (nSPS) is 12.7. The van der Waals surface area contributed by atoms with Crippen molar-refractivity contribution >= 4 is 17.9 Å². The van der Waals surface area contributed by atoms with Crippen LogP contribution in [0.3, 0.4) is 0 Å². The molecule has 0 aliphatic rings. The van der Waals surface area contributed by atoms with Gasteiger partial charge < -0.3 is 14.2 Å². The van der Waals surface area contributed by atoms with Crippen LogP contribution in [0.4, 0.5) is 0 Å². The average Bonchev–Trinajstić information content (AvgIpc) is 3.47. The third-order valence-corrected chi connectivity index (χ3v) is 15.3. The Hall–Kier alpha value is -3.67. The van der Waals surface area contributed by atoms with Gasteiger partial charge in [0.25, 0.3) is 0 Å². The van der Waals surface area contributed by atoms with Crippen LogP contribution >= 0.6 is 0 Å². The summed E-state index contributed by atoms with van der Waals surface area (Å²) in [6.07, 6.45) is 94.2. The highest BCUT2D eigenvalue weighted by atomic mass is 16.6. The second kappa shape index (κ2) is 69.8. The van der Waals surface area contributed by atoms with Crippen molar-refractivity contribution in [1.29, 1.82) is 0 Å². The number of allylic oxidation sites excluding steroid dienone is 16. The number of hydrogen-bond donors (Lipinski definition) is 0. The molecule has 0 spiro atoms. The van der Waals surface area contributed by atoms with Crippen LogP contribution in [0.2, 0.25) is 0 Å². The third kappa shape index (κ3) is 67.1. The Morgan fingerprint density at radius 3 is 0.720 bits per heavy atom. The van der Waals surface area contributed by atoms with E-state index < -0.39 is 6.10 Å². The largest absolute Gasteiger partial charge is 0.462 e. The molecule has 6 heteroatoms. The summed E-state index contributed by atoms with van der Waals surface area (Å²) in [5.41, 5.74) is 0. The quantitative estimate of drug-likeness (QED) is 0.0261. The summed E-state index contributed by atoms with van der Waals surface area (Å²) in [7, 11) is 0. The lowest BCUT2D eigenvalue weighted by atomic mass is 10.0. The van der Waals surface area contributed by atoms with E-state index in [1.807, 2.05) is 0 Å². The second-order valence-corrected chi connectivity index (χ2v) is 23.4. The van der Waals surface area contributed by atoms with Crippen molar-refractivity contribution in [2.24, 2.45) is 0 Å². The first-order valence-corrected chi connectivity index (χ1v) is 35.2. The van der Waals surface area contributed by atoms with Gasteiger partial charge in [-0.25, -0.2) is 0 Å². The van der Waals surface area contributed by atoms with E-state index in [0.29, 0.717) is 19.3 Å². The van der Waals surface area contributed by atoms with Gasteiger partial charge in [-0.05, 0) is 122 Å². The van der Waals surface area contributed by atoms with Crippen LogP contribution in [0.15, 0.2) is 97.2 Å². The van der Waals surface area contributed by atoms with Crippen molar-refractivity contribution in [2.75, 3.05) is 13.2 Å². The molecule has 472 valence electrons. The Bertz CT molecular complexity index is 1590. The van der Waals surface area contributed by atoms with E-state index >= 15 is 0 Å². The molecule has 0 fully saturated rings. The first-order valence-electron chi connectivity index (χ1n) is 35.2. The second-order valence-electron chi connectivity index (χ2n) is 23.4. The SMILES string of the molecule is CCCC/C=C\C/C=C\CCCCCCCC(=O)OCC(COC(=O)CCCCCCCCCCCCCC/C=C\C/C=C\C/C=C\CCCCCCC)OC(=O)CCCCCCCCCC/C=C\C/C=C\C/C=C\CCCCCCC. The topological polar surface area (TPSA) is 78.9 Å². The predicted octanol–water partition coefficient (Wildman–Crippen LogP) is 24.4. The number of carbonyl (C=O) groups is 3. The van der Waals surface area contributed by atoms with E-state index in [9.17, 15) is 14.4 Å². The van der Waals surface area contributed by atoms with Gasteiger partial charge >= 0.3 is 17.9 Å². The Kier molecular flexibility index (Phi) is 66.7. The lowest BCUT2D eigenvalue weighted by Crippen LogP contribution is -2.30. The molecule has 82 heavy (non-hydrogen) atoms. The molecule has 0 aliphatic carbocycles. The van der Waals surface area contributed by atoms with Crippen LogP contribution < -0.4 is 0 Å². The third-order valence-electron chi connectivity index (χ3n) is 15.3. The Morgan fingerprint density at radius 2 is 0.451 bits per heavy atom. The van der Waals surface area contributed by atoms with Crippen molar-refractivity contribution in [3.05, 3.63) is 97.2 Å². The molecule has 0 aromatic heterocycles. The zero-order valence-corrected chi connectivity index (χ0v) is 54.2. The molecule has 0 rings (SSSR count). The number of rotatable bonds is 64. The molecule has 0 bridgehead atoms. The smallest absolute Gasteiger partial charge is 0.306 e. The fourth-order valence-corrected chi connectivity index (χ4v) is 9.95. The summed E-state index contributed by atoms with van der Waals surface area (Å²) in [6, 6.07) is 0. The van der Waals surface area contributed by atoms with Crippen molar-refractivity contribution in [1.82, 2.24) is 0 Å². The Morgan fingerprint density at radius 1 is 0.244 bits per heavy atom. The van der Waals surface area contributed by atoms with Crippen molar-refractivity contribution in [2.45, 2.75) is 354 Å². The molecular formula is C76H132O6. The van der Waals surface area contributed by atoms with Gasteiger partial charge in [-0.2, -0.15) is 0 Å². The molecular weight excluding hydrogens is 1010 g/mol. The zero-order valence-electron chi connectivity index (χ0n) is 54.2. The number of ether oxygens (including phenoxy) is 3.